The molecule has 1 aliphatic heterocycles. The van der Waals surface area contributed by atoms with Crippen LogP contribution in [0.15, 0.2) is 18.3 Å². The molecule has 0 aromatic carbocycles. The molecule has 2 amide bonds. The summed E-state index contributed by atoms with van der Waals surface area (Å²) in [6.07, 6.45) is 1.75. The molecule has 1 aromatic rings. The van der Waals surface area contributed by atoms with Gasteiger partial charge in [0.15, 0.2) is 0 Å². The number of aromatic nitrogens is 1. The normalized spacial score (nSPS) is 14.6. The number of fused-ring (bicyclic) bond motifs is 1. The minimum absolute atomic E-state index is 0.0502. The minimum Gasteiger partial charge on any atom is -0.358 e. The average molecular weight is 262 g/mol. The van der Waals surface area contributed by atoms with E-state index in [4.69, 9.17) is 0 Å². The van der Waals surface area contributed by atoms with E-state index in [1.807, 2.05) is 24.1 Å². The van der Waals surface area contributed by atoms with Crippen molar-refractivity contribution in [1.82, 2.24) is 15.2 Å². The van der Waals surface area contributed by atoms with Gasteiger partial charge in [0.25, 0.3) is 0 Å². The highest BCUT2D eigenvalue weighted by molar-refractivity contribution is 5.83. The highest BCUT2D eigenvalue weighted by atomic mass is 16.2. The predicted octanol–water partition coefficient (Wildman–Crippen LogP) is -0.00390. The van der Waals surface area contributed by atoms with Gasteiger partial charge in [-0.25, -0.2) is 4.98 Å². The number of nitrogens with one attached hydrogen (secondary N) is 1. The van der Waals surface area contributed by atoms with E-state index in [0.29, 0.717) is 13.1 Å². The molecule has 19 heavy (non-hydrogen) atoms. The summed E-state index contributed by atoms with van der Waals surface area (Å²) < 4.78 is 0. The predicted molar refractivity (Wildman–Crippen MR) is 71.6 cm³/mol. The Hall–Kier alpha value is -2.11. The Labute approximate surface area is 112 Å². The highest BCUT2D eigenvalue weighted by Crippen LogP contribution is 2.20. The highest BCUT2D eigenvalue weighted by Gasteiger charge is 2.21. The number of amides is 2. The zero-order chi connectivity index (χ0) is 13.8. The summed E-state index contributed by atoms with van der Waals surface area (Å²) in [5.41, 5.74) is 1.03. The van der Waals surface area contributed by atoms with E-state index in [9.17, 15) is 9.59 Å². The van der Waals surface area contributed by atoms with Crippen molar-refractivity contribution in [2.24, 2.45) is 0 Å². The molecule has 2 heterocycles. The van der Waals surface area contributed by atoms with Gasteiger partial charge in [0.05, 0.1) is 6.54 Å². The van der Waals surface area contributed by atoms with E-state index in [1.165, 1.54) is 6.92 Å². The van der Waals surface area contributed by atoms with Gasteiger partial charge >= 0.3 is 0 Å². The van der Waals surface area contributed by atoms with Crippen LogP contribution in [-0.2, 0) is 16.1 Å². The summed E-state index contributed by atoms with van der Waals surface area (Å²) in [5, 5.41) is 2.54. The molecule has 102 valence electrons. The lowest BCUT2D eigenvalue weighted by Crippen LogP contribution is -2.40. The first-order valence-electron chi connectivity index (χ1n) is 6.25. The largest absolute Gasteiger partial charge is 0.358 e. The van der Waals surface area contributed by atoms with Crippen LogP contribution in [0.3, 0.4) is 0 Å². The molecule has 0 radical (unpaired) electrons. The van der Waals surface area contributed by atoms with Crippen molar-refractivity contribution in [1.29, 1.82) is 0 Å². The fourth-order valence-corrected chi connectivity index (χ4v) is 2.08. The molecule has 6 heteroatoms. The zero-order valence-electron chi connectivity index (χ0n) is 11.2. The van der Waals surface area contributed by atoms with Crippen LogP contribution < -0.4 is 10.2 Å². The monoisotopic (exact) mass is 262 g/mol. The van der Waals surface area contributed by atoms with Gasteiger partial charge in [-0.3, -0.25) is 9.59 Å². The maximum absolute atomic E-state index is 12.0. The second kappa shape index (κ2) is 5.69. The fraction of sp³-hybridized carbons (Fsp3) is 0.462. The van der Waals surface area contributed by atoms with E-state index < -0.39 is 0 Å². The van der Waals surface area contributed by atoms with Crippen LogP contribution in [-0.4, -0.2) is 48.4 Å². The molecule has 1 aromatic heterocycles. The topological polar surface area (TPSA) is 65.5 Å². The third kappa shape index (κ3) is 3.21. The number of carbonyl (C=O) groups is 2. The molecule has 0 unspecified atom stereocenters. The van der Waals surface area contributed by atoms with Gasteiger partial charge < -0.3 is 15.1 Å². The second-order valence-electron chi connectivity index (χ2n) is 4.63. The van der Waals surface area contributed by atoms with E-state index in [0.717, 1.165) is 17.9 Å². The molecule has 0 atom stereocenters. The van der Waals surface area contributed by atoms with Gasteiger partial charge in [-0.05, 0) is 6.07 Å². The molecule has 0 bridgehead atoms. The van der Waals surface area contributed by atoms with Gasteiger partial charge in [0, 0.05) is 45.4 Å². The number of carbonyl (C=O) groups excluding carboxylic acids is 2. The van der Waals surface area contributed by atoms with Gasteiger partial charge in [-0.15, -0.1) is 0 Å². The van der Waals surface area contributed by atoms with Gasteiger partial charge in [-0.2, -0.15) is 0 Å². The molecule has 1 N–H and O–H groups in total. The Balaban J connectivity index is 2.10. The van der Waals surface area contributed by atoms with Crippen LogP contribution >= 0.6 is 0 Å². The molecular weight excluding hydrogens is 244 g/mol. The Morgan fingerprint density at radius 2 is 2.21 bits per heavy atom. The first-order valence-corrected chi connectivity index (χ1v) is 6.25. The fourth-order valence-electron chi connectivity index (χ4n) is 2.08. The van der Waals surface area contributed by atoms with Crippen LogP contribution in [0.1, 0.15) is 12.5 Å². The third-order valence-electron chi connectivity index (χ3n) is 3.14. The van der Waals surface area contributed by atoms with Gasteiger partial charge in [-0.1, -0.05) is 6.07 Å². The van der Waals surface area contributed by atoms with Crippen molar-refractivity contribution < 1.29 is 9.59 Å². The van der Waals surface area contributed by atoms with Crippen LogP contribution in [0.4, 0.5) is 5.82 Å². The van der Waals surface area contributed by atoms with Crippen molar-refractivity contribution >= 4 is 17.6 Å². The lowest BCUT2D eigenvalue weighted by atomic mass is 10.2. The molecular formula is C13H18N4O2. The molecule has 6 nitrogen and oxygen atoms in total. The number of rotatable bonds is 2. The summed E-state index contributed by atoms with van der Waals surface area (Å²) >= 11 is 0. The standard InChI is InChI=1S/C13H18N4O2/c1-10(18)15-8-12(19)17-7-6-16(2)13-11(9-17)4-3-5-14-13/h3-5H,6-9H2,1-2H3,(H,15,18). The third-order valence-corrected chi connectivity index (χ3v) is 3.14. The van der Waals surface area contributed by atoms with Crippen LogP contribution in [0.25, 0.3) is 0 Å². The van der Waals surface area contributed by atoms with Crippen molar-refractivity contribution in [2.45, 2.75) is 13.5 Å². The summed E-state index contributed by atoms with van der Waals surface area (Å²) in [5.74, 6) is 0.653. The van der Waals surface area contributed by atoms with Crippen molar-refractivity contribution in [2.75, 3.05) is 31.6 Å². The molecule has 0 saturated carbocycles. The molecule has 0 spiro atoms. The molecule has 1 aliphatic rings. The number of hydrogen-bond acceptors (Lipinski definition) is 4. The summed E-state index contributed by atoms with van der Waals surface area (Å²) in [7, 11) is 1.97. The van der Waals surface area contributed by atoms with Crippen LogP contribution in [0.2, 0.25) is 0 Å². The van der Waals surface area contributed by atoms with Gasteiger partial charge in [0.1, 0.15) is 5.82 Å². The van der Waals surface area contributed by atoms with Gasteiger partial charge in [0.2, 0.25) is 11.8 Å². The number of nitrogens with zero attached hydrogens (tertiary/aromatic N) is 3. The molecule has 0 saturated heterocycles. The van der Waals surface area contributed by atoms with E-state index in [2.05, 4.69) is 10.3 Å². The smallest absolute Gasteiger partial charge is 0.242 e. The summed E-state index contributed by atoms with van der Waals surface area (Å²) in [6, 6.07) is 3.84. The number of pyridine rings is 1. The van der Waals surface area contributed by atoms with Crippen molar-refractivity contribution in [3.05, 3.63) is 23.9 Å². The lowest BCUT2D eigenvalue weighted by Gasteiger charge is -2.20. The van der Waals surface area contributed by atoms with Crippen LogP contribution in [0.5, 0.6) is 0 Å². The zero-order valence-corrected chi connectivity index (χ0v) is 11.2. The SMILES string of the molecule is CC(=O)NCC(=O)N1CCN(C)c2ncccc2C1. The minimum atomic E-state index is -0.192. The Morgan fingerprint density at radius 3 is 2.95 bits per heavy atom. The molecule has 0 aliphatic carbocycles. The maximum atomic E-state index is 12.0. The number of hydrogen-bond donors (Lipinski definition) is 1. The number of likely N-dealkylation sites (N-methyl/N-ethyl adjacent to an activating group) is 1. The van der Waals surface area contributed by atoms with Crippen molar-refractivity contribution in [3.63, 3.8) is 0 Å². The quantitative estimate of drug-likeness (QED) is 0.814. The molecule has 0 fully saturated rings. The van der Waals surface area contributed by atoms with E-state index in [-0.39, 0.29) is 18.4 Å². The maximum Gasteiger partial charge on any atom is 0.242 e. The Bertz CT molecular complexity index is 489. The summed E-state index contributed by atoms with van der Waals surface area (Å²) in [4.78, 5) is 31.0. The Kier molecular flexibility index (Phi) is 3.99. The summed E-state index contributed by atoms with van der Waals surface area (Å²) in [6.45, 7) is 3.35. The average Bonchev–Trinajstić information content (AvgIpc) is 2.56. The van der Waals surface area contributed by atoms with E-state index >= 15 is 0 Å². The van der Waals surface area contributed by atoms with E-state index in [1.54, 1.807) is 11.1 Å². The second-order valence-corrected chi connectivity index (χ2v) is 4.63. The first kappa shape index (κ1) is 13.3. The van der Waals surface area contributed by atoms with Crippen LogP contribution in [0, 0.1) is 0 Å². The van der Waals surface area contributed by atoms with Crippen molar-refractivity contribution in [3.8, 4) is 0 Å². The number of anilines is 1. The Morgan fingerprint density at radius 1 is 1.42 bits per heavy atom. The first-order chi connectivity index (χ1) is 9.08. The lowest BCUT2D eigenvalue weighted by molar-refractivity contribution is -0.132. The molecule has 2 rings (SSSR count).